The highest BCUT2D eigenvalue weighted by molar-refractivity contribution is 5.38. The Kier molecular flexibility index (Phi) is 2.68. The van der Waals surface area contributed by atoms with Crippen molar-refractivity contribution < 1.29 is 18.1 Å². The Bertz CT molecular complexity index is 381. The fourth-order valence-corrected chi connectivity index (χ4v) is 0.897. The summed E-state index contributed by atoms with van der Waals surface area (Å²) in [7, 11) is 0. The topological polar surface area (TPSA) is 56.0 Å². The highest BCUT2D eigenvalue weighted by atomic mass is 19.3. The Hall–Kier alpha value is -1.66. The number of alkyl halides is 2. The van der Waals surface area contributed by atoms with E-state index < -0.39 is 28.7 Å². The Morgan fingerprint density at radius 3 is 2.57 bits per heavy atom. The zero-order chi connectivity index (χ0) is 10.9. The van der Waals surface area contributed by atoms with Gasteiger partial charge >= 0.3 is 0 Å². The predicted octanol–water partition coefficient (Wildman–Crippen LogP) is 2.37. The smallest absolute Gasteiger partial charge is 0.258 e. The maximum Gasteiger partial charge on any atom is 0.297 e. The van der Waals surface area contributed by atoms with E-state index in [9.17, 15) is 23.3 Å². The van der Waals surface area contributed by atoms with Crippen LogP contribution in [-0.2, 0) is 0 Å². The molecule has 0 saturated heterocycles. The first-order valence-electron chi connectivity index (χ1n) is 3.53. The summed E-state index contributed by atoms with van der Waals surface area (Å²) in [6.45, 7) is 1.21. The summed E-state index contributed by atoms with van der Waals surface area (Å²) in [5.74, 6) is -1.12. The van der Waals surface area contributed by atoms with E-state index in [1.807, 2.05) is 0 Å². The van der Waals surface area contributed by atoms with Gasteiger partial charge < -0.3 is 0 Å². The van der Waals surface area contributed by atoms with Gasteiger partial charge in [0.05, 0.1) is 4.92 Å². The molecule has 1 aromatic heterocycles. The molecule has 0 fully saturated rings. The quantitative estimate of drug-likeness (QED) is 0.424. The molecule has 0 aliphatic heterocycles. The first kappa shape index (κ1) is 10.4. The molecule has 0 aromatic carbocycles. The zero-order valence-corrected chi connectivity index (χ0v) is 7.00. The molecule has 0 spiro atoms. The largest absolute Gasteiger partial charge is 0.297 e. The van der Waals surface area contributed by atoms with Gasteiger partial charge in [0.25, 0.3) is 12.1 Å². The van der Waals surface area contributed by atoms with Gasteiger partial charge in [0.1, 0.15) is 0 Å². The van der Waals surface area contributed by atoms with Crippen LogP contribution in [0.2, 0.25) is 0 Å². The summed E-state index contributed by atoms with van der Waals surface area (Å²) in [5.41, 5.74) is -2.14. The average molecular weight is 206 g/mol. The molecule has 0 atom stereocenters. The molecule has 4 nitrogen and oxygen atoms in total. The first-order valence-corrected chi connectivity index (χ1v) is 3.53. The van der Waals surface area contributed by atoms with E-state index in [0.717, 1.165) is 6.07 Å². The number of rotatable bonds is 2. The molecule has 0 unspecified atom stereocenters. The van der Waals surface area contributed by atoms with Crippen molar-refractivity contribution in [3.05, 3.63) is 33.4 Å². The number of nitro groups is 1. The maximum atomic E-state index is 12.7. The van der Waals surface area contributed by atoms with Gasteiger partial charge in [-0.3, -0.25) is 10.1 Å². The van der Waals surface area contributed by atoms with E-state index in [1.54, 1.807) is 0 Å². The third-order valence-corrected chi connectivity index (χ3v) is 1.56. The van der Waals surface area contributed by atoms with Crippen LogP contribution in [0.3, 0.4) is 0 Å². The van der Waals surface area contributed by atoms with E-state index in [-0.39, 0.29) is 5.56 Å². The molecule has 1 aromatic rings. The minimum Gasteiger partial charge on any atom is -0.258 e. The van der Waals surface area contributed by atoms with E-state index in [0.29, 0.717) is 0 Å². The molecule has 0 bridgehead atoms. The van der Waals surface area contributed by atoms with Crippen molar-refractivity contribution in [1.29, 1.82) is 0 Å². The monoisotopic (exact) mass is 206 g/mol. The molecule has 7 heteroatoms. The van der Waals surface area contributed by atoms with Crippen molar-refractivity contribution in [3.8, 4) is 0 Å². The van der Waals surface area contributed by atoms with Crippen LogP contribution in [0, 0.1) is 23.0 Å². The lowest BCUT2D eigenvalue weighted by Gasteiger charge is -2.02. The van der Waals surface area contributed by atoms with Crippen molar-refractivity contribution in [3.63, 3.8) is 0 Å². The Labute approximate surface area is 76.5 Å². The van der Waals surface area contributed by atoms with Crippen molar-refractivity contribution in [2.75, 3.05) is 0 Å². The minimum atomic E-state index is -3.16. The van der Waals surface area contributed by atoms with Crippen LogP contribution < -0.4 is 0 Å². The second-order valence-electron chi connectivity index (χ2n) is 2.56. The van der Waals surface area contributed by atoms with E-state index in [2.05, 4.69) is 4.98 Å². The second kappa shape index (κ2) is 3.60. The lowest BCUT2D eigenvalue weighted by molar-refractivity contribution is -0.386. The highest BCUT2D eigenvalue weighted by Crippen LogP contribution is 2.28. The highest BCUT2D eigenvalue weighted by Gasteiger charge is 2.25. The molecule has 1 rings (SSSR count). The minimum absolute atomic E-state index is 0.138. The van der Waals surface area contributed by atoms with Gasteiger partial charge in [0.15, 0.2) is 5.69 Å². The number of hydrogen-bond donors (Lipinski definition) is 0. The molecule has 1 heterocycles. The molecule has 76 valence electrons. The number of aryl methyl sites for hydroxylation is 1. The summed E-state index contributed by atoms with van der Waals surface area (Å²) in [4.78, 5) is 12.1. The van der Waals surface area contributed by atoms with E-state index in [1.165, 1.54) is 6.92 Å². The molecule has 0 aliphatic rings. The maximum absolute atomic E-state index is 12.7. The number of hydrogen-bond acceptors (Lipinski definition) is 3. The second-order valence-corrected chi connectivity index (χ2v) is 2.56. The fraction of sp³-hybridized carbons (Fsp3) is 0.286. The van der Waals surface area contributed by atoms with E-state index in [4.69, 9.17) is 0 Å². The normalized spacial score (nSPS) is 10.6. The summed E-state index contributed by atoms with van der Waals surface area (Å²) in [6.07, 6.45) is -3.16. The Morgan fingerprint density at radius 1 is 1.57 bits per heavy atom. The molecular formula is C7H5F3N2O2. The van der Waals surface area contributed by atoms with Crippen molar-refractivity contribution >= 4 is 5.69 Å². The van der Waals surface area contributed by atoms with Gasteiger partial charge in [0.2, 0.25) is 5.95 Å². The standard InChI is InChI=1S/C7H5F3N2O2/c1-3-2-4(12(13)14)5(6(8)9)11-7(3)10/h2,6H,1H3. The SMILES string of the molecule is Cc1cc([N+](=O)[O-])c(C(F)F)nc1F. The third kappa shape index (κ3) is 1.81. The van der Waals surface area contributed by atoms with Gasteiger partial charge in [-0.25, -0.2) is 13.8 Å². The van der Waals surface area contributed by atoms with Gasteiger partial charge in [-0.2, -0.15) is 4.39 Å². The molecule has 0 saturated carbocycles. The van der Waals surface area contributed by atoms with E-state index >= 15 is 0 Å². The lowest BCUT2D eigenvalue weighted by atomic mass is 10.2. The van der Waals surface area contributed by atoms with Crippen molar-refractivity contribution in [2.24, 2.45) is 0 Å². The molecule has 0 amide bonds. The van der Waals surface area contributed by atoms with Crippen molar-refractivity contribution in [1.82, 2.24) is 4.98 Å². The number of pyridine rings is 1. The van der Waals surface area contributed by atoms with Gasteiger partial charge in [0, 0.05) is 11.6 Å². The molecular weight excluding hydrogens is 201 g/mol. The summed E-state index contributed by atoms with van der Waals surface area (Å²) < 4.78 is 37.0. The first-order chi connectivity index (χ1) is 6.43. The average Bonchev–Trinajstić information content (AvgIpc) is 2.08. The van der Waals surface area contributed by atoms with Crippen LogP contribution in [-0.4, -0.2) is 9.91 Å². The Balaban J connectivity index is 3.39. The van der Waals surface area contributed by atoms with Crippen LogP contribution in [0.1, 0.15) is 17.7 Å². The van der Waals surface area contributed by atoms with Gasteiger partial charge in [-0.05, 0) is 6.92 Å². The zero-order valence-electron chi connectivity index (χ0n) is 7.00. The number of aromatic nitrogens is 1. The van der Waals surface area contributed by atoms with Gasteiger partial charge in [-0.1, -0.05) is 0 Å². The molecule has 0 radical (unpaired) electrons. The van der Waals surface area contributed by atoms with Crippen LogP contribution in [0.5, 0.6) is 0 Å². The van der Waals surface area contributed by atoms with Crippen LogP contribution in [0.15, 0.2) is 6.07 Å². The van der Waals surface area contributed by atoms with Crippen LogP contribution in [0.25, 0.3) is 0 Å². The fourth-order valence-electron chi connectivity index (χ4n) is 0.897. The van der Waals surface area contributed by atoms with Crippen molar-refractivity contribution in [2.45, 2.75) is 13.3 Å². The number of nitrogens with zero attached hydrogens (tertiary/aromatic N) is 2. The summed E-state index contributed by atoms with van der Waals surface area (Å²) in [6, 6.07) is 0.740. The van der Waals surface area contributed by atoms with Gasteiger partial charge in [-0.15, -0.1) is 0 Å². The summed E-state index contributed by atoms with van der Waals surface area (Å²) >= 11 is 0. The van der Waals surface area contributed by atoms with Crippen LogP contribution >= 0.6 is 0 Å². The predicted molar refractivity (Wildman–Crippen MR) is 40.5 cm³/mol. The molecule has 0 aliphatic carbocycles. The summed E-state index contributed by atoms with van der Waals surface area (Å²) in [5, 5.41) is 10.3. The molecule has 0 N–H and O–H groups in total. The van der Waals surface area contributed by atoms with Crippen LogP contribution in [0.4, 0.5) is 18.9 Å². The third-order valence-electron chi connectivity index (χ3n) is 1.56. The molecule has 14 heavy (non-hydrogen) atoms. The Morgan fingerprint density at radius 2 is 2.14 bits per heavy atom. The lowest BCUT2D eigenvalue weighted by Crippen LogP contribution is -2.02. The number of halogens is 3.